The molecule has 844 valence electrons. The van der Waals surface area contributed by atoms with Crippen LogP contribution in [0.5, 0.6) is 0 Å². The van der Waals surface area contributed by atoms with E-state index in [1.165, 1.54) is 66.6 Å². The first-order valence-corrected chi connectivity index (χ1v) is 54.5. The summed E-state index contributed by atoms with van der Waals surface area (Å²) in [7, 11) is 16.0. The van der Waals surface area contributed by atoms with Crippen molar-refractivity contribution >= 4 is 82.4 Å². The first-order chi connectivity index (χ1) is 69.1. The van der Waals surface area contributed by atoms with Gasteiger partial charge in [0.15, 0.2) is 5.78 Å². The number of aliphatic hydroxyl groups is 4. The van der Waals surface area contributed by atoms with Crippen LogP contribution in [0.15, 0.2) is 59.8 Å². The predicted molar refractivity (Wildman–Crippen MR) is 573 cm³/mol. The van der Waals surface area contributed by atoms with E-state index in [-0.39, 0.29) is 128 Å². The Labute approximate surface area is 885 Å². The molecule has 27 atom stereocenters. The molecule has 0 aromatic heterocycles. The summed E-state index contributed by atoms with van der Waals surface area (Å²) in [5.74, 6) is -13.7. The van der Waals surface area contributed by atoms with Gasteiger partial charge in [0.2, 0.25) is 59.0 Å². The largest absolute Gasteiger partial charge is 0.460 e. The molecule has 35 heteroatoms. The predicted octanol–water partition coefficient (Wildman–Crippen LogP) is 10.4. The second-order valence-corrected chi connectivity index (χ2v) is 45.9. The Morgan fingerprint density at radius 2 is 1.16 bits per heavy atom. The van der Waals surface area contributed by atoms with Gasteiger partial charge in [-0.05, 0) is 222 Å². The summed E-state index contributed by atoms with van der Waals surface area (Å²) in [6.45, 7) is 44.9. The van der Waals surface area contributed by atoms with Crippen LogP contribution in [0.4, 0.5) is 0 Å². The Balaban J connectivity index is 0.000000633. The quantitative estimate of drug-likeness (QED) is 0.0301. The van der Waals surface area contributed by atoms with Crippen molar-refractivity contribution in [2.24, 2.45) is 76.9 Å². The van der Waals surface area contributed by atoms with Crippen LogP contribution in [0.3, 0.4) is 0 Å². The van der Waals surface area contributed by atoms with E-state index >= 15 is 0 Å². The Morgan fingerprint density at radius 3 is 1.73 bits per heavy atom. The smallest absolute Gasteiger partial charge is 0.329 e. The SMILES string of the molecule is C/C=C/C[C@@H](C)[C@@H](O)[C@H]1C(=O)N[C@@H](CC)C(=O)N(C)CC(=O)N(C)[C@@H](CC(C)C)C(=O)N[C@@H](C(C)C)C(=O)N(C)[C@@H](CC(C)C)C(=O)N[C@@H](C)C(=O)N[C@H](C)C(=O)N(C)[C@@H](CC(C)C)C(=O)N(C)[C@@H](CC(C)C)CN(C)[C@@H](C(C)C)CN1C.CO[C@H]1C[C@@H]2CC[C@@H](C)[C@@](O)(O2)C(=O)C(=O)N2CCCC[C@H]2C(=O)O[C@H]([C@H](C)C[C@H]2CC[C@@H](O)[C@H](OC)C2)CC(=O)[C@H](C)/C=C(\C)[C@@H](O)[C@@H](OC)C(=O)[C@H](C)C[C@H](C)/C=C/C=CC=C1C. The third-order valence-corrected chi connectivity index (χ3v) is 30.8. The normalized spacial score (nSPS) is 32.7. The lowest BCUT2D eigenvalue weighted by molar-refractivity contribution is -0.265. The average molecular weight is 2090 g/mol. The summed E-state index contributed by atoms with van der Waals surface area (Å²) < 4.78 is 29.4. The van der Waals surface area contributed by atoms with Crippen LogP contribution in [0.2, 0.25) is 0 Å². The summed E-state index contributed by atoms with van der Waals surface area (Å²) in [4.78, 5) is 213. The summed E-state index contributed by atoms with van der Waals surface area (Å²) in [6.07, 6.45) is 15.8. The lowest BCUT2D eigenvalue weighted by atomic mass is 9.78. The number of hydrogen-bond acceptors (Lipinski definition) is 25. The minimum absolute atomic E-state index is 0.00230. The van der Waals surface area contributed by atoms with E-state index in [2.05, 4.69) is 53.9 Å². The molecule has 8 N–H and O–H groups in total. The van der Waals surface area contributed by atoms with E-state index in [1.54, 1.807) is 87.9 Å². The number of carbonyl (C=O) groups is 14. The highest BCUT2D eigenvalue weighted by Gasteiger charge is 2.54. The lowest BCUT2D eigenvalue weighted by Crippen LogP contribution is -2.61. The number of ketones is 3. The van der Waals surface area contributed by atoms with Crippen molar-refractivity contribution in [3.05, 3.63) is 59.8 Å². The maximum absolute atomic E-state index is 15.0. The van der Waals surface area contributed by atoms with Gasteiger partial charge in [0.1, 0.15) is 78.5 Å². The zero-order valence-corrected chi connectivity index (χ0v) is 96.3. The number of likely N-dealkylation sites (N-methyl/N-ethyl adjacent to an activating group) is 7. The molecule has 0 radical (unpaired) electrons. The maximum Gasteiger partial charge on any atom is 0.329 e. The standard InChI is InChI=1S/C62H115N11O10.C51H79NO13/c1-25-27-28-42(15)54(75)53-58(79)65-46(26-2)60(81)69(20)35-51(74)71(22)47(30-37(5)6)57(78)66-52(41(13)14)62(83)72(23)48(31-38(7)8)56(77)63-43(16)55(76)64-44(17)59(80)73(24)49(32-39(9)10)61(82)70(21)45(29-36(3)4)33-67(18)50(40(11)12)34-68(53)19;1-30-16-12-11-13-17-31(2)42(61-8)28-38-21-19-36(7)51(60,65-38)48(57)49(58)52-23-15-14-18-39(52)50(59)64-43(33(4)26-37-20-22-40(53)44(27-37)62-9)29-41(54)32(3)25-35(6)46(56)47(63-10)45(55)34(5)24-30/h25,27,36-50,52-54,75H,26,28-35H2,1-24H3,(H,63,77)(H,64,76)(H,65,79)(H,66,78);11-13,16-17,25,30,32-34,36-40,42-44,46-47,53,56,60H,14-15,18-24,26-29H2,1-10H3/b27-25+;13-11?,16-12+,31-17?,35-25+/t42-,43+,44-,45+,46+,47+,48+,49+,50-,52+,53+,54-;30-,32-,33-,34-,36-,37-,38+,39+,40-,42+,43+,44-,46-,47+,51-/m11/s1. The van der Waals surface area contributed by atoms with Gasteiger partial charge in [-0.3, -0.25) is 72.1 Å². The molecular formula is C113H194N12O23. The number of hydrogen-bond donors (Lipinski definition) is 8. The summed E-state index contributed by atoms with van der Waals surface area (Å²) in [5, 5.41) is 57.3. The van der Waals surface area contributed by atoms with Crippen molar-refractivity contribution in [3.63, 3.8) is 0 Å². The van der Waals surface area contributed by atoms with E-state index in [4.69, 9.17) is 23.7 Å². The van der Waals surface area contributed by atoms with Crippen LogP contribution in [0.25, 0.3) is 0 Å². The Bertz CT molecular complexity index is 4460. The number of esters is 1. The number of aliphatic hydroxyl groups excluding tert-OH is 3. The highest BCUT2D eigenvalue weighted by Crippen LogP contribution is 2.39. The Kier molecular flexibility index (Phi) is 55.7. The molecule has 0 spiro atoms. The topological polar surface area (TPSA) is 440 Å². The third-order valence-electron chi connectivity index (χ3n) is 30.8. The fourth-order valence-electron chi connectivity index (χ4n) is 21.0. The highest BCUT2D eigenvalue weighted by atomic mass is 16.6. The van der Waals surface area contributed by atoms with Gasteiger partial charge in [-0.15, -0.1) is 0 Å². The molecule has 0 unspecified atom stereocenters. The van der Waals surface area contributed by atoms with Gasteiger partial charge in [0, 0.05) is 119 Å². The number of fused-ring (bicyclic) bond motifs is 3. The summed E-state index contributed by atoms with van der Waals surface area (Å²) in [5.41, 5.74) is 1.27. The zero-order chi connectivity index (χ0) is 112. The van der Waals surface area contributed by atoms with Gasteiger partial charge in [-0.1, -0.05) is 180 Å². The number of amides is 10. The number of nitrogens with zero attached hydrogens (tertiary/aromatic N) is 8. The number of Topliss-reactive ketones (excluding diaryl/α,β-unsaturated/α-hetero) is 3. The molecule has 0 aromatic rings. The molecular weight excluding hydrogens is 1890 g/mol. The van der Waals surface area contributed by atoms with Crippen molar-refractivity contribution in [1.82, 2.24) is 60.5 Å². The Hall–Kier alpha value is -8.52. The van der Waals surface area contributed by atoms with E-state index in [1.807, 2.05) is 138 Å². The zero-order valence-electron chi connectivity index (χ0n) is 96.3. The van der Waals surface area contributed by atoms with E-state index in [9.17, 15) is 87.5 Å². The highest BCUT2D eigenvalue weighted by molar-refractivity contribution is 6.39. The second-order valence-electron chi connectivity index (χ2n) is 45.9. The van der Waals surface area contributed by atoms with Crippen molar-refractivity contribution < 1.29 is 111 Å². The number of rotatable bonds is 21. The molecule has 4 heterocycles. The molecule has 3 saturated heterocycles. The molecule has 1 saturated carbocycles. The number of piperidine rings is 1. The van der Waals surface area contributed by atoms with Crippen LogP contribution in [0, 0.1) is 76.9 Å². The number of ether oxygens (including phenoxy) is 5. The average Bonchev–Trinajstić information content (AvgIpc) is 0.768. The van der Waals surface area contributed by atoms with Gasteiger partial charge in [0.05, 0.1) is 37.1 Å². The number of allylic oxidation sites excluding steroid dienone is 8. The monoisotopic (exact) mass is 2090 g/mol. The first kappa shape index (κ1) is 132. The number of carbonyl (C=O) groups excluding carboxylic acids is 14. The van der Waals surface area contributed by atoms with Crippen LogP contribution >= 0.6 is 0 Å². The molecule has 10 amide bonds. The van der Waals surface area contributed by atoms with Gasteiger partial charge < -0.3 is 94.8 Å². The van der Waals surface area contributed by atoms with Gasteiger partial charge >= 0.3 is 5.97 Å². The van der Waals surface area contributed by atoms with Crippen molar-refractivity contribution in [2.75, 3.05) is 96.8 Å². The third kappa shape index (κ3) is 38.6. The van der Waals surface area contributed by atoms with Crippen LogP contribution < -0.4 is 21.3 Å². The number of methoxy groups -OCH3 is 3. The van der Waals surface area contributed by atoms with Crippen molar-refractivity contribution in [3.8, 4) is 0 Å². The van der Waals surface area contributed by atoms with Crippen LogP contribution in [-0.4, -0.2) is 360 Å². The van der Waals surface area contributed by atoms with E-state index < -0.39 is 198 Å². The fourth-order valence-corrected chi connectivity index (χ4v) is 21.0. The summed E-state index contributed by atoms with van der Waals surface area (Å²) >= 11 is 0. The van der Waals surface area contributed by atoms with Crippen molar-refractivity contribution in [1.29, 1.82) is 0 Å². The molecule has 2 bridgehead atoms. The second kappa shape index (κ2) is 62.6. The number of cyclic esters (lactones) is 1. The van der Waals surface area contributed by atoms with E-state index in [0.717, 1.165) is 12.0 Å². The van der Waals surface area contributed by atoms with Gasteiger partial charge in [-0.2, -0.15) is 0 Å². The maximum atomic E-state index is 15.0. The Morgan fingerprint density at radius 1 is 0.574 bits per heavy atom. The molecule has 4 fully saturated rings. The van der Waals surface area contributed by atoms with Crippen molar-refractivity contribution in [2.45, 2.75) is 403 Å². The van der Waals surface area contributed by atoms with Crippen LogP contribution in [-0.2, 0) is 90.8 Å². The lowest BCUT2D eigenvalue weighted by Gasteiger charge is -2.42. The molecule has 148 heavy (non-hydrogen) atoms. The minimum atomic E-state index is -2.43. The fraction of sp³-hybridized carbons (Fsp3) is 0.788. The molecule has 4 aliphatic heterocycles. The molecule has 0 aromatic carbocycles. The van der Waals surface area contributed by atoms with Crippen LogP contribution in [0.1, 0.15) is 282 Å². The van der Waals surface area contributed by atoms with E-state index in [0.29, 0.717) is 95.7 Å². The summed E-state index contributed by atoms with van der Waals surface area (Å²) in [6, 6.07) is -10.4. The molecule has 5 rings (SSSR count). The van der Waals surface area contributed by atoms with Gasteiger partial charge in [-0.25, -0.2) is 4.79 Å². The number of nitrogens with one attached hydrogen (secondary N) is 4. The molecule has 1 aliphatic carbocycles. The molecule has 35 nitrogen and oxygen atoms in total. The van der Waals surface area contributed by atoms with Gasteiger partial charge in [0.25, 0.3) is 11.7 Å². The minimum Gasteiger partial charge on any atom is -0.460 e. The first-order valence-electron chi connectivity index (χ1n) is 54.5. The molecule has 5 aliphatic rings.